The summed E-state index contributed by atoms with van der Waals surface area (Å²) in [5, 5.41) is 8.44. The lowest BCUT2D eigenvalue weighted by Gasteiger charge is -2.10. The Kier molecular flexibility index (Phi) is 6.64. The molecule has 0 fully saturated rings. The van der Waals surface area contributed by atoms with Gasteiger partial charge in [0.2, 0.25) is 0 Å². The Morgan fingerprint density at radius 3 is 2.58 bits per heavy atom. The average molecular weight is 178 g/mol. The molecule has 0 aliphatic carbocycles. The van der Waals surface area contributed by atoms with Gasteiger partial charge in [-0.1, -0.05) is 0 Å². The van der Waals surface area contributed by atoms with Crippen molar-refractivity contribution in [1.29, 1.82) is 0 Å². The van der Waals surface area contributed by atoms with Gasteiger partial charge in [0, 0.05) is 13.7 Å². The van der Waals surface area contributed by atoms with E-state index in [0.717, 1.165) is 0 Å². The van der Waals surface area contributed by atoms with E-state index >= 15 is 0 Å². The number of hydrogen-bond acceptors (Lipinski definition) is 4. The first-order valence-electron chi connectivity index (χ1n) is 3.67. The van der Waals surface area contributed by atoms with Gasteiger partial charge in [0.15, 0.2) is 0 Å². The normalized spacial score (nSPS) is 12.8. The van der Waals surface area contributed by atoms with Crippen LogP contribution >= 0.6 is 0 Å². The number of hydrogen-bond donors (Lipinski definition) is 1. The number of methoxy groups -OCH3 is 1. The molecule has 0 spiro atoms. The van der Waals surface area contributed by atoms with E-state index in [0.29, 0.717) is 13.2 Å². The molecule has 0 rings (SSSR count). The van der Waals surface area contributed by atoms with Crippen molar-refractivity contribution in [1.82, 2.24) is 0 Å². The maximum Gasteiger partial charge on any atom is 0.361 e. The summed E-state index contributed by atoms with van der Waals surface area (Å²) in [6, 6.07) is 0. The summed E-state index contributed by atoms with van der Waals surface area (Å²) in [5.74, 6) is -1.13. The quantitative estimate of drug-likeness (QED) is 0.442. The molecule has 0 aromatic carbocycles. The Hall–Kier alpha value is -0.650. The van der Waals surface area contributed by atoms with Crippen molar-refractivity contribution in [2.45, 2.75) is 13.2 Å². The molecule has 0 aliphatic rings. The molecule has 5 heteroatoms. The summed E-state index contributed by atoms with van der Waals surface area (Å²) >= 11 is 0. The van der Waals surface area contributed by atoms with E-state index in [-0.39, 0.29) is 6.61 Å². The molecule has 0 saturated heterocycles. The zero-order valence-corrected chi connectivity index (χ0v) is 7.28. The van der Waals surface area contributed by atoms with Crippen LogP contribution in [0.4, 0.5) is 0 Å². The van der Waals surface area contributed by atoms with Gasteiger partial charge in [-0.25, -0.2) is 4.79 Å². The summed E-state index contributed by atoms with van der Waals surface area (Å²) in [5.41, 5.74) is 0. The van der Waals surface area contributed by atoms with Crippen LogP contribution in [0.25, 0.3) is 0 Å². The number of ether oxygens (including phenoxy) is 3. The summed E-state index contributed by atoms with van der Waals surface area (Å²) in [6.45, 7) is 3.04. The summed E-state index contributed by atoms with van der Waals surface area (Å²) in [6.07, 6.45) is -1.19. The van der Waals surface area contributed by atoms with Crippen LogP contribution in [0.1, 0.15) is 6.92 Å². The number of rotatable bonds is 7. The molecule has 0 radical (unpaired) electrons. The van der Waals surface area contributed by atoms with Gasteiger partial charge in [-0.15, -0.1) is 0 Å². The zero-order chi connectivity index (χ0) is 9.40. The summed E-state index contributed by atoms with van der Waals surface area (Å²) in [7, 11) is 1.28. The molecule has 0 aromatic rings. The van der Waals surface area contributed by atoms with E-state index in [9.17, 15) is 4.79 Å². The van der Waals surface area contributed by atoms with Crippen molar-refractivity contribution in [2.75, 3.05) is 26.9 Å². The van der Waals surface area contributed by atoms with Gasteiger partial charge in [0.1, 0.15) is 0 Å². The molecule has 0 bridgehead atoms. The van der Waals surface area contributed by atoms with Crippen LogP contribution in [0.2, 0.25) is 0 Å². The Morgan fingerprint density at radius 2 is 2.17 bits per heavy atom. The second kappa shape index (κ2) is 7.02. The molecular formula is C7H14O5. The van der Waals surface area contributed by atoms with E-state index in [1.54, 1.807) is 0 Å². The molecule has 0 heterocycles. The third-order valence-corrected chi connectivity index (χ3v) is 1.12. The molecule has 1 atom stereocenters. The van der Waals surface area contributed by atoms with E-state index in [4.69, 9.17) is 14.6 Å². The number of carboxylic acid groups (broad SMARTS) is 1. The largest absolute Gasteiger partial charge is 0.477 e. The molecule has 1 N–H and O–H groups in total. The van der Waals surface area contributed by atoms with E-state index in [1.807, 2.05) is 6.92 Å². The van der Waals surface area contributed by atoms with Crippen molar-refractivity contribution in [2.24, 2.45) is 0 Å². The maximum atomic E-state index is 10.3. The van der Waals surface area contributed by atoms with Gasteiger partial charge in [-0.3, -0.25) is 0 Å². The van der Waals surface area contributed by atoms with Crippen LogP contribution in [0.15, 0.2) is 0 Å². The number of carboxylic acids is 1. The first-order valence-corrected chi connectivity index (χ1v) is 3.67. The first-order chi connectivity index (χ1) is 5.72. The second-order valence-electron chi connectivity index (χ2n) is 1.97. The fraction of sp³-hybridized carbons (Fsp3) is 0.857. The zero-order valence-electron chi connectivity index (χ0n) is 7.28. The van der Waals surface area contributed by atoms with Crippen molar-refractivity contribution in [3.63, 3.8) is 0 Å². The average Bonchev–Trinajstić information content (AvgIpc) is 2.04. The topological polar surface area (TPSA) is 65.0 Å². The highest BCUT2D eigenvalue weighted by Gasteiger charge is 2.15. The fourth-order valence-electron chi connectivity index (χ4n) is 0.599. The Morgan fingerprint density at radius 1 is 1.50 bits per heavy atom. The van der Waals surface area contributed by atoms with Gasteiger partial charge in [-0.2, -0.15) is 0 Å². The Balaban J connectivity index is 3.38. The molecule has 0 aromatic heterocycles. The highest BCUT2D eigenvalue weighted by Crippen LogP contribution is 1.92. The van der Waals surface area contributed by atoms with E-state index in [2.05, 4.69) is 4.74 Å². The molecule has 72 valence electrons. The monoisotopic (exact) mass is 178 g/mol. The Labute approximate surface area is 71.2 Å². The highest BCUT2D eigenvalue weighted by molar-refractivity contribution is 5.70. The van der Waals surface area contributed by atoms with Gasteiger partial charge >= 0.3 is 5.97 Å². The SMILES string of the molecule is CCOCCOC(OC)C(=O)O. The summed E-state index contributed by atoms with van der Waals surface area (Å²) < 4.78 is 14.3. The molecule has 12 heavy (non-hydrogen) atoms. The van der Waals surface area contributed by atoms with Crippen LogP contribution in [0.3, 0.4) is 0 Å². The van der Waals surface area contributed by atoms with Crippen LogP contribution in [0.5, 0.6) is 0 Å². The molecule has 0 saturated carbocycles. The van der Waals surface area contributed by atoms with Gasteiger partial charge in [0.25, 0.3) is 6.29 Å². The summed E-state index contributed by atoms with van der Waals surface area (Å²) in [4.78, 5) is 10.3. The highest BCUT2D eigenvalue weighted by atomic mass is 16.7. The Bertz CT molecular complexity index is 125. The molecular weight excluding hydrogens is 164 g/mol. The minimum atomic E-state index is -1.19. The molecule has 1 unspecified atom stereocenters. The lowest BCUT2D eigenvalue weighted by Crippen LogP contribution is -2.27. The smallest absolute Gasteiger partial charge is 0.361 e. The second-order valence-corrected chi connectivity index (χ2v) is 1.97. The first kappa shape index (κ1) is 11.4. The van der Waals surface area contributed by atoms with E-state index in [1.165, 1.54) is 7.11 Å². The van der Waals surface area contributed by atoms with Gasteiger partial charge in [-0.05, 0) is 6.92 Å². The number of carbonyl (C=O) groups is 1. The van der Waals surface area contributed by atoms with Crippen LogP contribution < -0.4 is 0 Å². The molecule has 0 amide bonds. The minimum absolute atomic E-state index is 0.221. The third kappa shape index (κ3) is 5.06. The lowest BCUT2D eigenvalue weighted by atomic mass is 10.6. The predicted molar refractivity (Wildman–Crippen MR) is 40.9 cm³/mol. The standard InChI is InChI=1S/C7H14O5/c1-3-11-4-5-12-7(10-2)6(8)9/h7H,3-5H2,1-2H3,(H,8,9). The van der Waals surface area contributed by atoms with Crippen molar-refractivity contribution < 1.29 is 24.1 Å². The van der Waals surface area contributed by atoms with Crippen LogP contribution in [-0.2, 0) is 19.0 Å². The lowest BCUT2D eigenvalue weighted by molar-refractivity contribution is -0.185. The van der Waals surface area contributed by atoms with Crippen molar-refractivity contribution in [3.8, 4) is 0 Å². The fourth-order valence-corrected chi connectivity index (χ4v) is 0.599. The maximum absolute atomic E-state index is 10.3. The van der Waals surface area contributed by atoms with Crippen molar-refractivity contribution >= 4 is 5.97 Å². The van der Waals surface area contributed by atoms with Crippen LogP contribution in [0, 0.1) is 0 Å². The third-order valence-electron chi connectivity index (χ3n) is 1.12. The molecule has 0 aliphatic heterocycles. The van der Waals surface area contributed by atoms with Crippen molar-refractivity contribution in [3.05, 3.63) is 0 Å². The molecule has 5 nitrogen and oxygen atoms in total. The number of aliphatic carboxylic acids is 1. The van der Waals surface area contributed by atoms with Crippen LogP contribution in [-0.4, -0.2) is 44.3 Å². The minimum Gasteiger partial charge on any atom is -0.477 e. The van der Waals surface area contributed by atoms with E-state index < -0.39 is 12.3 Å². The van der Waals surface area contributed by atoms with Gasteiger partial charge in [0.05, 0.1) is 13.2 Å². The van der Waals surface area contributed by atoms with Gasteiger partial charge < -0.3 is 19.3 Å². The predicted octanol–water partition coefficient (Wildman–Crippen LogP) is 0.0966.